The first-order valence-corrected chi connectivity index (χ1v) is 6.66. The summed E-state index contributed by atoms with van der Waals surface area (Å²) in [4.78, 5) is 37.6. The van der Waals surface area contributed by atoms with E-state index in [2.05, 4.69) is 0 Å². The van der Waals surface area contributed by atoms with Gasteiger partial charge in [0, 0.05) is 33.1 Å². The maximum absolute atomic E-state index is 12.1. The van der Waals surface area contributed by atoms with Crippen LogP contribution in [0.4, 0.5) is 0 Å². The Balaban J connectivity index is 1.82. The van der Waals surface area contributed by atoms with Gasteiger partial charge in [-0.2, -0.15) is 0 Å². The van der Waals surface area contributed by atoms with E-state index in [0.29, 0.717) is 19.5 Å². The molecule has 2 aliphatic rings. The smallest absolute Gasteiger partial charge is 0.307 e. The summed E-state index contributed by atoms with van der Waals surface area (Å²) < 4.78 is 0. The number of hydrogen-bond acceptors (Lipinski definition) is 3. The molecule has 0 aromatic rings. The molecule has 1 heterocycles. The summed E-state index contributed by atoms with van der Waals surface area (Å²) in [7, 11) is 1.78. The number of rotatable bonds is 3. The number of carbonyl (C=O) groups is 3. The van der Waals surface area contributed by atoms with Gasteiger partial charge in [0.25, 0.3) is 0 Å². The van der Waals surface area contributed by atoms with E-state index in [4.69, 9.17) is 5.11 Å². The lowest BCUT2D eigenvalue weighted by atomic mass is 10.0. The molecule has 1 saturated carbocycles. The lowest BCUT2D eigenvalue weighted by molar-refractivity contribution is -0.142. The van der Waals surface area contributed by atoms with E-state index in [-0.39, 0.29) is 23.8 Å². The summed E-state index contributed by atoms with van der Waals surface area (Å²) >= 11 is 0. The van der Waals surface area contributed by atoms with Crippen molar-refractivity contribution >= 4 is 17.8 Å². The molecule has 6 heteroatoms. The van der Waals surface area contributed by atoms with Crippen molar-refractivity contribution in [3.63, 3.8) is 0 Å². The number of amides is 2. The maximum Gasteiger partial charge on any atom is 0.307 e. The molecule has 2 unspecified atom stereocenters. The van der Waals surface area contributed by atoms with E-state index >= 15 is 0 Å². The van der Waals surface area contributed by atoms with Gasteiger partial charge in [0.2, 0.25) is 11.8 Å². The molecule has 0 bridgehead atoms. The van der Waals surface area contributed by atoms with Gasteiger partial charge in [-0.25, -0.2) is 0 Å². The SMILES string of the molecule is CC(=O)N(C)C1CCN(C(=O)C2CC2C(=O)O)CC1. The molecule has 19 heavy (non-hydrogen) atoms. The molecular formula is C13H20N2O4. The van der Waals surface area contributed by atoms with Gasteiger partial charge in [-0.3, -0.25) is 14.4 Å². The standard InChI is InChI=1S/C13H20N2O4/c1-8(16)14(2)9-3-5-15(6-4-9)12(17)10-7-11(10)13(18)19/h9-11H,3-7H2,1-2H3,(H,18,19). The number of piperidine rings is 1. The molecular weight excluding hydrogens is 248 g/mol. The van der Waals surface area contributed by atoms with Gasteiger partial charge in [0.15, 0.2) is 0 Å². The van der Waals surface area contributed by atoms with Crippen molar-refractivity contribution in [1.29, 1.82) is 0 Å². The number of carbonyl (C=O) groups excluding carboxylic acids is 2. The van der Waals surface area contributed by atoms with Crippen LogP contribution in [-0.2, 0) is 14.4 Å². The van der Waals surface area contributed by atoms with Crippen molar-refractivity contribution in [2.24, 2.45) is 11.8 Å². The van der Waals surface area contributed by atoms with Crippen molar-refractivity contribution in [3.8, 4) is 0 Å². The van der Waals surface area contributed by atoms with Crippen LogP contribution in [0.5, 0.6) is 0 Å². The molecule has 0 radical (unpaired) electrons. The largest absolute Gasteiger partial charge is 0.481 e. The molecule has 6 nitrogen and oxygen atoms in total. The quantitative estimate of drug-likeness (QED) is 0.792. The van der Waals surface area contributed by atoms with Gasteiger partial charge in [-0.15, -0.1) is 0 Å². The lowest BCUT2D eigenvalue weighted by Gasteiger charge is -2.36. The Kier molecular flexibility index (Phi) is 3.78. The first-order valence-electron chi connectivity index (χ1n) is 6.66. The Morgan fingerprint density at radius 3 is 2.16 bits per heavy atom. The number of carboxylic acids is 1. The number of nitrogens with zero attached hydrogens (tertiary/aromatic N) is 2. The molecule has 2 rings (SSSR count). The van der Waals surface area contributed by atoms with Crippen LogP contribution in [0.2, 0.25) is 0 Å². The average molecular weight is 268 g/mol. The van der Waals surface area contributed by atoms with Crippen molar-refractivity contribution in [1.82, 2.24) is 9.80 Å². The fourth-order valence-corrected chi connectivity index (χ4v) is 2.71. The Hall–Kier alpha value is -1.59. The van der Waals surface area contributed by atoms with E-state index in [1.54, 1.807) is 23.8 Å². The van der Waals surface area contributed by atoms with E-state index < -0.39 is 11.9 Å². The third-order valence-electron chi connectivity index (χ3n) is 4.25. The van der Waals surface area contributed by atoms with Crippen LogP contribution in [0.1, 0.15) is 26.2 Å². The summed E-state index contributed by atoms with van der Waals surface area (Å²) in [5.41, 5.74) is 0. The summed E-state index contributed by atoms with van der Waals surface area (Å²) in [6.07, 6.45) is 2.01. The Morgan fingerprint density at radius 2 is 1.74 bits per heavy atom. The highest BCUT2D eigenvalue weighted by Crippen LogP contribution is 2.40. The number of aliphatic carboxylic acids is 1. The van der Waals surface area contributed by atoms with Crippen LogP contribution in [0, 0.1) is 11.8 Å². The molecule has 106 valence electrons. The van der Waals surface area contributed by atoms with Gasteiger partial charge in [-0.05, 0) is 19.3 Å². The van der Waals surface area contributed by atoms with Crippen molar-refractivity contribution < 1.29 is 19.5 Å². The zero-order valence-electron chi connectivity index (χ0n) is 11.3. The highest BCUT2D eigenvalue weighted by molar-refractivity contribution is 5.89. The van der Waals surface area contributed by atoms with E-state index in [0.717, 1.165) is 12.8 Å². The summed E-state index contributed by atoms with van der Waals surface area (Å²) in [5, 5.41) is 8.83. The molecule has 2 amide bonds. The van der Waals surface area contributed by atoms with Crippen molar-refractivity contribution in [2.75, 3.05) is 20.1 Å². The highest BCUT2D eigenvalue weighted by Gasteiger charge is 2.50. The second-order valence-electron chi connectivity index (χ2n) is 5.47. The van der Waals surface area contributed by atoms with Crippen LogP contribution < -0.4 is 0 Å². The first kappa shape index (κ1) is 13.8. The topological polar surface area (TPSA) is 77.9 Å². The Morgan fingerprint density at radius 1 is 1.16 bits per heavy atom. The van der Waals surface area contributed by atoms with Crippen LogP contribution >= 0.6 is 0 Å². The zero-order chi connectivity index (χ0) is 14.2. The lowest BCUT2D eigenvalue weighted by Crippen LogP contribution is -2.47. The molecule has 1 saturated heterocycles. The maximum atomic E-state index is 12.1. The minimum absolute atomic E-state index is 0.0312. The fourth-order valence-electron chi connectivity index (χ4n) is 2.71. The van der Waals surface area contributed by atoms with E-state index in [1.165, 1.54) is 0 Å². The monoisotopic (exact) mass is 268 g/mol. The summed E-state index contributed by atoms with van der Waals surface area (Å²) in [5.74, 6) is -1.66. The molecule has 2 fully saturated rings. The summed E-state index contributed by atoms with van der Waals surface area (Å²) in [6.45, 7) is 2.77. The second kappa shape index (κ2) is 5.19. The summed E-state index contributed by atoms with van der Waals surface area (Å²) in [6, 6.07) is 0.191. The Bertz CT molecular complexity index is 401. The van der Waals surface area contributed by atoms with Crippen molar-refractivity contribution in [3.05, 3.63) is 0 Å². The fraction of sp³-hybridized carbons (Fsp3) is 0.769. The number of carboxylic acid groups (broad SMARTS) is 1. The minimum atomic E-state index is -0.871. The minimum Gasteiger partial charge on any atom is -0.481 e. The van der Waals surface area contributed by atoms with Crippen LogP contribution in [-0.4, -0.2) is 58.9 Å². The number of likely N-dealkylation sites (tertiary alicyclic amines) is 1. The van der Waals surface area contributed by atoms with E-state index in [9.17, 15) is 14.4 Å². The normalized spacial score (nSPS) is 26.9. The van der Waals surface area contributed by atoms with Crippen molar-refractivity contribution in [2.45, 2.75) is 32.2 Å². The Labute approximate surface area is 112 Å². The molecule has 0 aromatic heterocycles. The predicted octanol–water partition coefficient (Wildman–Crippen LogP) is 0.176. The van der Waals surface area contributed by atoms with Crippen LogP contribution in [0.15, 0.2) is 0 Å². The van der Waals surface area contributed by atoms with Gasteiger partial charge >= 0.3 is 5.97 Å². The van der Waals surface area contributed by atoms with Gasteiger partial charge in [-0.1, -0.05) is 0 Å². The zero-order valence-corrected chi connectivity index (χ0v) is 11.3. The first-order chi connectivity index (χ1) is 8.91. The average Bonchev–Trinajstić information content (AvgIpc) is 3.17. The van der Waals surface area contributed by atoms with Crippen LogP contribution in [0.25, 0.3) is 0 Å². The molecule has 1 aliphatic heterocycles. The van der Waals surface area contributed by atoms with Gasteiger partial charge < -0.3 is 14.9 Å². The third-order valence-corrected chi connectivity index (χ3v) is 4.25. The molecule has 2 atom stereocenters. The molecule has 1 aliphatic carbocycles. The second-order valence-corrected chi connectivity index (χ2v) is 5.47. The van der Waals surface area contributed by atoms with E-state index in [1.807, 2.05) is 0 Å². The molecule has 1 N–H and O–H groups in total. The predicted molar refractivity (Wildman–Crippen MR) is 67.3 cm³/mol. The molecule has 0 spiro atoms. The third kappa shape index (κ3) is 2.88. The van der Waals surface area contributed by atoms with Crippen LogP contribution in [0.3, 0.4) is 0 Å². The highest BCUT2D eigenvalue weighted by atomic mass is 16.4. The van der Waals surface area contributed by atoms with Gasteiger partial charge in [0.05, 0.1) is 11.8 Å². The van der Waals surface area contributed by atoms with Gasteiger partial charge in [0.1, 0.15) is 0 Å². The number of hydrogen-bond donors (Lipinski definition) is 1. The molecule has 0 aromatic carbocycles.